The molecule has 0 aliphatic heterocycles. The predicted molar refractivity (Wildman–Crippen MR) is 74.0 cm³/mol. The van der Waals surface area contributed by atoms with Crippen LogP contribution in [0.1, 0.15) is 24.5 Å². The molecule has 0 aliphatic carbocycles. The van der Waals surface area contributed by atoms with Gasteiger partial charge in [0.05, 0.1) is 14.2 Å². The predicted octanol–water partition coefficient (Wildman–Crippen LogP) is 2.92. The first-order valence-corrected chi connectivity index (χ1v) is 6.61. The number of nitrogens with two attached hydrogens (primary N) is 1. The molecule has 2 N–H and O–H groups in total. The van der Waals surface area contributed by atoms with Gasteiger partial charge in [-0.3, -0.25) is 0 Å². The van der Waals surface area contributed by atoms with Crippen molar-refractivity contribution < 1.29 is 9.47 Å². The molecule has 0 amide bonds. The van der Waals surface area contributed by atoms with Gasteiger partial charge < -0.3 is 15.2 Å². The number of rotatable bonds is 6. The lowest BCUT2D eigenvalue weighted by atomic mass is 9.99. The van der Waals surface area contributed by atoms with Crippen LogP contribution in [0.15, 0.2) is 10.5 Å². The van der Waals surface area contributed by atoms with E-state index in [1.165, 1.54) is 11.1 Å². The summed E-state index contributed by atoms with van der Waals surface area (Å²) in [5.74, 6) is 1.61. The normalized spacial score (nSPS) is 10.4. The van der Waals surface area contributed by atoms with Crippen LogP contribution in [0.5, 0.6) is 11.5 Å². The summed E-state index contributed by atoms with van der Waals surface area (Å²) in [6, 6.07) is 1.96. The minimum Gasteiger partial charge on any atom is -0.493 e. The number of hydrogen-bond acceptors (Lipinski definition) is 3. The summed E-state index contributed by atoms with van der Waals surface area (Å²) in [6.45, 7) is 2.82. The van der Waals surface area contributed by atoms with Crippen LogP contribution >= 0.6 is 15.9 Å². The highest BCUT2D eigenvalue weighted by Crippen LogP contribution is 2.39. The molecule has 4 heteroatoms. The average molecular weight is 302 g/mol. The molecular weight excluding hydrogens is 282 g/mol. The molecule has 0 bridgehead atoms. The van der Waals surface area contributed by atoms with Gasteiger partial charge >= 0.3 is 0 Å². The Hall–Kier alpha value is -0.740. The van der Waals surface area contributed by atoms with Gasteiger partial charge in [-0.05, 0) is 37.4 Å². The van der Waals surface area contributed by atoms with Gasteiger partial charge in [-0.25, -0.2) is 0 Å². The minimum atomic E-state index is 0.698. The average Bonchev–Trinajstić information content (AvgIpc) is 2.35. The summed E-state index contributed by atoms with van der Waals surface area (Å²) in [5.41, 5.74) is 8.05. The van der Waals surface area contributed by atoms with E-state index in [4.69, 9.17) is 15.2 Å². The summed E-state index contributed by atoms with van der Waals surface area (Å²) in [4.78, 5) is 0. The van der Waals surface area contributed by atoms with Crippen molar-refractivity contribution in [2.45, 2.75) is 26.2 Å². The molecule has 3 nitrogen and oxygen atoms in total. The fourth-order valence-corrected chi connectivity index (χ4v) is 2.64. The molecular formula is C13H20BrNO2. The minimum absolute atomic E-state index is 0.698. The highest BCUT2D eigenvalue weighted by molar-refractivity contribution is 9.10. The number of benzene rings is 1. The SMILES string of the molecule is CCc1c(CCCN)c(Br)cc(OC)c1OC. The Kier molecular flexibility index (Phi) is 5.78. The maximum atomic E-state index is 5.57. The van der Waals surface area contributed by atoms with Gasteiger partial charge in [-0.2, -0.15) is 0 Å². The maximum Gasteiger partial charge on any atom is 0.164 e. The second kappa shape index (κ2) is 6.87. The lowest BCUT2D eigenvalue weighted by molar-refractivity contribution is 0.351. The third kappa shape index (κ3) is 3.13. The zero-order valence-electron chi connectivity index (χ0n) is 10.7. The zero-order valence-corrected chi connectivity index (χ0v) is 12.3. The molecule has 0 fully saturated rings. The fraction of sp³-hybridized carbons (Fsp3) is 0.538. The van der Waals surface area contributed by atoms with Crippen LogP contribution < -0.4 is 15.2 Å². The molecule has 1 aromatic rings. The molecule has 0 heterocycles. The van der Waals surface area contributed by atoms with E-state index in [-0.39, 0.29) is 0 Å². The molecule has 0 saturated heterocycles. The van der Waals surface area contributed by atoms with Gasteiger partial charge in [0.15, 0.2) is 11.5 Å². The van der Waals surface area contributed by atoms with Gasteiger partial charge in [0.2, 0.25) is 0 Å². The molecule has 96 valence electrons. The van der Waals surface area contributed by atoms with Crippen molar-refractivity contribution in [3.05, 3.63) is 21.7 Å². The van der Waals surface area contributed by atoms with Crippen molar-refractivity contribution in [1.82, 2.24) is 0 Å². The smallest absolute Gasteiger partial charge is 0.164 e. The number of hydrogen-bond donors (Lipinski definition) is 1. The van der Waals surface area contributed by atoms with Gasteiger partial charge in [-0.15, -0.1) is 0 Å². The number of methoxy groups -OCH3 is 2. The lowest BCUT2D eigenvalue weighted by Crippen LogP contribution is -2.05. The molecule has 0 aromatic heterocycles. The number of ether oxygens (including phenoxy) is 2. The van der Waals surface area contributed by atoms with E-state index in [0.717, 1.165) is 35.2 Å². The molecule has 17 heavy (non-hydrogen) atoms. The standard InChI is InChI=1S/C13H20BrNO2/c1-4-9-10(6-5-7-15)11(14)8-12(16-2)13(9)17-3/h8H,4-7,15H2,1-3H3. The van der Waals surface area contributed by atoms with Crippen LogP contribution in [0.3, 0.4) is 0 Å². The van der Waals surface area contributed by atoms with E-state index in [9.17, 15) is 0 Å². The van der Waals surface area contributed by atoms with Crippen molar-refractivity contribution in [1.29, 1.82) is 0 Å². The van der Waals surface area contributed by atoms with E-state index < -0.39 is 0 Å². The molecule has 0 saturated carbocycles. The van der Waals surface area contributed by atoms with Crippen molar-refractivity contribution >= 4 is 15.9 Å². The van der Waals surface area contributed by atoms with Crippen molar-refractivity contribution in [3.63, 3.8) is 0 Å². The Morgan fingerprint density at radius 2 is 1.94 bits per heavy atom. The summed E-state index contributed by atoms with van der Waals surface area (Å²) in [7, 11) is 3.33. The first-order valence-electron chi connectivity index (χ1n) is 5.81. The lowest BCUT2D eigenvalue weighted by Gasteiger charge is -2.17. The molecule has 0 spiro atoms. The number of halogens is 1. The molecule has 0 aliphatic rings. The highest BCUT2D eigenvalue weighted by atomic mass is 79.9. The summed E-state index contributed by atoms with van der Waals surface area (Å²) in [6.07, 6.45) is 2.85. The monoisotopic (exact) mass is 301 g/mol. The van der Waals surface area contributed by atoms with E-state index in [1.54, 1.807) is 14.2 Å². The molecule has 0 unspecified atom stereocenters. The van der Waals surface area contributed by atoms with E-state index >= 15 is 0 Å². The van der Waals surface area contributed by atoms with Gasteiger partial charge in [0.1, 0.15) is 0 Å². The third-order valence-corrected chi connectivity index (χ3v) is 3.52. The molecule has 1 rings (SSSR count). The van der Waals surface area contributed by atoms with Gasteiger partial charge in [-0.1, -0.05) is 22.9 Å². The fourth-order valence-electron chi connectivity index (χ4n) is 2.00. The Morgan fingerprint density at radius 3 is 2.41 bits per heavy atom. The van der Waals surface area contributed by atoms with E-state index in [2.05, 4.69) is 22.9 Å². The van der Waals surface area contributed by atoms with E-state index in [0.29, 0.717) is 6.54 Å². The Labute approximate surface area is 111 Å². The maximum absolute atomic E-state index is 5.57. The Morgan fingerprint density at radius 1 is 1.24 bits per heavy atom. The van der Waals surface area contributed by atoms with Crippen LogP contribution in [0.2, 0.25) is 0 Å². The topological polar surface area (TPSA) is 44.5 Å². The van der Waals surface area contributed by atoms with Crippen LogP contribution in [-0.4, -0.2) is 20.8 Å². The summed E-state index contributed by atoms with van der Waals surface area (Å²) < 4.78 is 11.9. The van der Waals surface area contributed by atoms with Crippen molar-refractivity contribution in [2.24, 2.45) is 5.73 Å². The Bertz CT molecular complexity index is 380. The summed E-state index contributed by atoms with van der Waals surface area (Å²) >= 11 is 3.60. The van der Waals surface area contributed by atoms with Crippen molar-refractivity contribution in [2.75, 3.05) is 20.8 Å². The zero-order chi connectivity index (χ0) is 12.8. The van der Waals surface area contributed by atoms with E-state index in [1.807, 2.05) is 6.07 Å². The van der Waals surface area contributed by atoms with Crippen molar-refractivity contribution in [3.8, 4) is 11.5 Å². The molecule has 0 radical (unpaired) electrons. The van der Waals surface area contributed by atoms with Crippen LogP contribution in [0.25, 0.3) is 0 Å². The first kappa shape index (κ1) is 14.3. The van der Waals surface area contributed by atoms with Crippen LogP contribution in [-0.2, 0) is 12.8 Å². The van der Waals surface area contributed by atoms with Crippen LogP contribution in [0, 0.1) is 0 Å². The highest BCUT2D eigenvalue weighted by Gasteiger charge is 2.16. The first-order chi connectivity index (χ1) is 8.19. The van der Waals surface area contributed by atoms with Gasteiger partial charge in [0.25, 0.3) is 0 Å². The quantitative estimate of drug-likeness (QED) is 0.878. The Balaban J connectivity index is 3.27. The molecule has 1 aromatic carbocycles. The van der Waals surface area contributed by atoms with Gasteiger partial charge in [0, 0.05) is 10.0 Å². The summed E-state index contributed by atoms with van der Waals surface area (Å²) in [5, 5.41) is 0. The largest absolute Gasteiger partial charge is 0.493 e. The molecule has 0 atom stereocenters. The second-order valence-corrected chi connectivity index (χ2v) is 4.65. The van der Waals surface area contributed by atoms with Crippen LogP contribution in [0.4, 0.5) is 0 Å². The third-order valence-electron chi connectivity index (χ3n) is 2.82. The second-order valence-electron chi connectivity index (χ2n) is 3.80.